The summed E-state index contributed by atoms with van der Waals surface area (Å²) in [7, 11) is 1.90. The predicted octanol–water partition coefficient (Wildman–Crippen LogP) is 2.02. The minimum atomic E-state index is 0.199. The zero-order valence-corrected chi connectivity index (χ0v) is 10.6. The van der Waals surface area contributed by atoms with Crippen molar-refractivity contribution in [2.75, 3.05) is 13.6 Å². The van der Waals surface area contributed by atoms with Gasteiger partial charge in [-0.3, -0.25) is 4.79 Å². The van der Waals surface area contributed by atoms with Crippen molar-refractivity contribution >= 4 is 17.2 Å². The Morgan fingerprint density at radius 1 is 1.69 bits per heavy atom. The molecular weight excluding hydrogens is 220 g/mol. The highest BCUT2D eigenvalue weighted by molar-refractivity contribution is 7.07. The molecule has 1 unspecified atom stereocenters. The molecule has 1 fully saturated rings. The molecule has 1 aromatic heterocycles. The van der Waals surface area contributed by atoms with E-state index in [1.165, 1.54) is 18.4 Å². The van der Waals surface area contributed by atoms with Gasteiger partial charge in [-0.2, -0.15) is 11.3 Å². The molecule has 3 nitrogen and oxygen atoms in total. The Morgan fingerprint density at radius 3 is 3.00 bits per heavy atom. The summed E-state index contributed by atoms with van der Waals surface area (Å²) in [5, 5.41) is 7.44. The minimum absolute atomic E-state index is 0.199. The van der Waals surface area contributed by atoms with Gasteiger partial charge >= 0.3 is 0 Å². The number of rotatable bonds is 5. The van der Waals surface area contributed by atoms with E-state index in [0.29, 0.717) is 12.6 Å². The highest BCUT2D eigenvalue weighted by Gasteiger charge is 2.29. The normalized spacial score (nSPS) is 17.1. The van der Waals surface area contributed by atoms with E-state index in [2.05, 4.69) is 29.1 Å². The summed E-state index contributed by atoms with van der Waals surface area (Å²) in [6.45, 7) is 2.52. The van der Waals surface area contributed by atoms with Gasteiger partial charge < -0.3 is 10.2 Å². The standard InChI is InChI=1S/C12H18N2OS/c1-9(10-5-6-16-8-10)13-7-12(15)14(2)11-3-4-11/h5-6,8-9,11,13H,3-4,7H2,1-2H3. The van der Waals surface area contributed by atoms with Crippen molar-refractivity contribution in [3.05, 3.63) is 22.4 Å². The van der Waals surface area contributed by atoms with Crippen molar-refractivity contribution in [2.45, 2.75) is 31.8 Å². The quantitative estimate of drug-likeness (QED) is 0.851. The summed E-state index contributed by atoms with van der Waals surface area (Å²) in [4.78, 5) is 13.6. The van der Waals surface area contributed by atoms with Crippen molar-refractivity contribution in [3.8, 4) is 0 Å². The first-order valence-corrected chi connectivity index (χ1v) is 6.64. The van der Waals surface area contributed by atoms with Gasteiger partial charge in [0.05, 0.1) is 6.54 Å². The Bertz CT molecular complexity index is 346. The van der Waals surface area contributed by atoms with Crippen LogP contribution in [0.4, 0.5) is 0 Å². The van der Waals surface area contributed by atoms with E-state index in [0.717, 1.165) is 0 Å². The molecule has 1 atom stereocenters. The summed E-state index contributed by atoms with van der Waals surface area (Å²) < 4.78 is 0. The van der Waals surface area contributed by atoms with Gasteiger partial charge in [0.2, 0.25) is 5.91 Å². The lowest BCUT2D eigenvalue weighted by atomic mass is 10.2. The molecule has 1 amide bonds. The highest BCUT2D eigenvalue weighted by atomic mass is 32.1. The van der Waals surface area contributed by atoms with Crippen molar-refractivity contribution in [1.29, 1.82) is 0 Å². The van der Waals surface area contributed by atoms with Crippen molar-refractivity contribution in [3.63, 3.8) is 0 Å². The molecule has 1 N–H and O–H groups in total. The van der Waals surface area contributed by atoms with Gasteiger partial charge in [0, 0.05) is 19.1 Å². The van der Waals surface area contributed by atoms with Crippen LogP contribution in [0.3, 0.4) is 0 Å². The lowest BCUT2D eigenvalue weighted by Gasteiger charge is -2.18. The minimum Gasteiger partial charge on any atom is -0.342 e. The summed E-state index contributed by atoms with van der Waals surface area (Å²) in [6, 6.07) is 2.85. The third-order valence-electron chi connectivity index (χ3n) is 3.09. The molecular formula is C12H18N2OS. The van der Waals surface area contributed by atoms with E-state index < -0.39 is 0 Å². The lowest BCUT2D eigenvalue weighted by molar-refractivity contribution is -0.129. The molecule has 1 aromatic rings. The smallest absolute Gasteiger partial charge is 0.236 e. The van der Waals surface area contributed by atoms with Gasteiger partial charge in [0.1, 0.15) is 0 Å². The van der Waals surface area contributed by atoms with Crippen LogP contribution in [0.25, 0.3) is 0 Å². The Balaban J connectivity index is 1.76. The van der Waals surface area contributed by atoms with Crippen LogP contribution < -0.4 is 5.32 Å². The van der Waals surface area contributed by atoms with Crippen LogP contribution >= 0.6 is 11.3 Å². The number of carbonyl (C=O) groups excluding carboxylic acids is 1. The monoisotopic (exact) mass is 238 g/mol. The van der Waals surface area contributed by atoms with Gasteiger partial charge in [0.25, 0.3) is 0 Å². The molecule has 0 spiro atoms. The van der Waals surface area contributed by atoms with Gasteiger partial charge in [0.15, 0.2) is 0 Å². The Morgan fingerprint density at radius 2 is 2.44 bits per heavy atom. The van der Waals surface area contributed by atoms with E-state index in [9.17, 15) is 4.79 Å². The second-order valence-corrected chi connectivity index (χ2v) is 5.18. The molecule has 0 aliphatic heterocycles. The largest absolute Gasteiger partial charge is 0.342 e. The maximum Gasteiger partial charge on any atom is 0.236 e. The summed E-state index contributed by atoms with van der Waals surface area (Å²) in [5.74, 6) is 0.199. The van der Waals surface area contributed by atoms with Crippen LogP contribution in [-0.2, 0) is 4.79 Å². The number of carbonyl (C=O) groups is 1. The average molecular weight is 238 g/mol. The molecule has 0 aromatic carbocycles. The second kappa shape index (κ2) is 4.97. The number of hydrogen-bond acceptors (Lipinski definition) is 3. The maximum atomic E-state index is 11.8. The highest BCUT2D eigenvalue weighted by Crippen LogP contribution is 2.25. The van der Waals surface area contributed by atoms with E-state index >= 15 is 0 Å². The van der Waals surface area contributed by atoms with Gasteiger partial charge in [-0.05, 0) is 42.2 Å². The van der Waals surface area contributed by atoms with E-state index in [1.54, 1.807) is 11.3 Å². The van der Waals surface area contributed by atoms with Crippen molar-refractivity contribution in [2.24, 2.45) is 0 Å². The molecule has 1 aliphatic rings. The topological polar surface area (TPSA) is 32.3 Å². The van der Waals surface area contributed by atoms with Gasteiger partial charge in [-0.1, -0.05) is 0 Å². The van der Waals surface area contributed by atoms with Crippen LogP contribution in [-0.4, -0.2) is 30.4 Å². The number of amides is 1. The third-order valence-corrected chi connectivity index (χ3v) is 3.79. The molecule has 1 heterocycles. The summed E-state index contributed by atoms with van der Waals surface area (Å²) >= 11 is 1.69. The van der Waals surface area contributed by atoms with Crippen LogP contribution in [0.5, 0.6) is 0 Å². The first-order valence-electron chi connectivity index (χ1n) is 5.69. The molecule has 0 radical (unpaired) electrons. The maximum absolute atomic E-state index is 11.8. The Kier molecular flexibility index (Phi) is 3.61. The Hall–Kier alpha value is -0.870. The number of nitrogens with zero attached hydrogens (tertiary/aromatic N) is 1. The molecule has 1 aliphatic carbocycles. The first-order chi connectivity index (χ1) is 7.68. The molecule has 88 valence electrons. The molecule has 4 heteroatoms. The fraction of sp³-hybridized carbons (Fsp3) is 0.583. The number of hydrogen-bond donors (Lipinski definition) is 1. The van der Waals surface area contributed by atoms with Crippen molar-refractivity contribution < 1.29 is 4.79 Å². The van der Waals surface area contributed by atoms with Crippen LogP contribution in [0.2, 0.25) is 0 Å². The lowest BCUT2D eigenvalue weighted by Crippen LogP contribution is -2.37. The number of thiophene rings is 1. The van der Waals surface area contributed by atoms with E-state index in [-0.39, 0.29) is 11.9 Å². The van der Waals surface area contributed by atoms with Gasteiger partial charge in [-0.15, -0.1) is 0 Å². The molecule has 1 saturated carbocycles. The predicted molar refractivity (Wildman–Crippen MR) is 66.5 cm³/mol. The zero-order chi connectivity index (χ0) is 11.5. The third kappa shape index (κ3) is 2.83. The Labute approximate surface area is 100 Å². The van der Waals surface area contributed by atoms with Crippen LogP contribution in [0.1, 0.15) is 31.4 Å². The second-order valence-electron chi connectivity index (χ2n) is 4.40. The summed E-state index contributed by atoms with van der Waals surface area (Å²) in [6.07, 6.45) is 2.34. The van der Waals surface area contributed by atoms with Crippen LogP contribution in [0, 0.1) is 0 Å². The molecule has 2 rings (SSSR count). The van der Waals surface area contributed by atoms with Crippen molar-refractivity contribution in [1.82, 2.24) is 10.2 Å². The SMILES string of the molecule is CC(NCC(=O)N(C)C1CC1)c1ccsc1. The summed E-state index contributed by atoms with van der Waals surface area (Å²) in [5.41, 5.74) is 1.26. The van der Waals surface area contributed by atoms with E-state index in [1.807, 2.05) is 11.9 Å². The number of likely N-dealkylation sites (N-methyl/N-ethyl adjacent to an activating group) is 1. The fourth-order valence-electron chi connectivity index (χ4n) is 1.67. The first kappa shape index (κ1) is 11.6. The number of nitrogens with one attached hydrogen (secondary N) is 1. The molecule has 0 saturated heterocycles. The molecule has 0 bridgehead atoms. The zero-order valence-electron chi connectivity index (χ0n) is 9.77. The average Bonchev–Trinajstić information content (AvgIpc) is 2.99. The molecule has 16 heavy (non-hydrogen) atoms. The van der Waals surface area contributed by atoms with E-state index in [4.69, 9.17) is 0 Å². The van der Waals surface area contributed by atoms with Crippen LogP contribution in [0.15, 0.2) is 16.8 Å². The van der Waals surface area contributed by atoms with Gasteiger partial charge in [-0.25, -0.2) is 0 Å². The fourth-order valence-corrected chi connectivity index (χ4v) is 2.42.